The lowest BCUT2D eigenvalue weighted by Crippen LogP contribution is -2.18. The average Bonchev–Trinajstić information content (AvgIpc) is 2.61. The number of benzene rings is 2. The van der Waals surface area contributed by atoms with E-state index in [1.54, 1.807) is 29.7 Å². The minimum absolute atomic E-state index is 0.312. The van der Waals surface area contributed by atoms with Crippen LogP contribution in [0.25, 0.3) is 0 Å². The number of hydrogen-bond acceptors (Lipinski definition) is 5. The summed E-state index contributed by atoms with van der Waals surface area (Å²) in [4.78, 5) is 25.1. The van der Waals surface area contributed by atoms with Gasteiger partial charge in [-0.05, 0) is 42.0 Å². The lowest BCUT2D eigenvalue weighted by atomic mass is 10.1. The first-order valence-corrected chi connectivity index (χ1v) is 7.16. The van der Waals surface area contributed by atoms with Crippen LogP contribution in [0.4, 0.5) is 5.69 Å². The van der Waals surface area contributed by atoms with Crippen LogP contribution in [0.1, 0.15) is 26.3 Å². The SMILES string of the molecule is CN(C)c1ccc(C(=O)NN=Cc2ccc(C(=O)NO)cc2)cc1. The van der Waals surface area contributed by atoms with Gasteiger partial charge in [-0.25, -0.2) is 10.9 Å². The van der Waals surface area contributed by atoms with Crippen LogP contribution in [0, 0.1) is 0 Å². The molecule has 2 amide bonds. The summed E-state index contributed by atoms with van der Waals surface area (Å²) in [5.41, 5.74) is 6.53. The molecule has 0 bridgehead atoms. The first-order valence-electron chi connectivity index (χ1n) is 7.16. The van der Waals surface area contributed by atoms with E-state index in [1.807, 2.05) is 31.1 Å². The van der Waals surface area contributed by atoms with Gasteiger partial charge in [0.2, 0.25) is 0 Å². The van der Waals surface area contributed by atoms with E-state index in [0.29, 0.717) is 16.7 Å². The van der Waals surface area contributed by atoms with Crippen molar-refractivity contribution < 1.29 is 14.8 Å². The highest BCUT2D eigenvalue weighted by Gasteiger charge is 2.05. The zero-order valence-electron chi connectivity index (χ0n) is 13.4. The number of nitrogens with one attached hydrogen (secondary N) is 2. The molecule has 0 aromatic heterocycles. The van der Waals surface area contributed by atoms with Gasteiger partial charge in [-0.15, -0.1) is 0 Å². The van der Waals surface area contributed by atoms with Crippen LogP contribution in [0.5, 0.6) is 0 Å². The van der Waals surface area contributed by atoms with Crippen molar-refractivity contribution in [2.24, 2.45) is 5.10 Å². The van der Waals surface area contributed by atoms with Crippen LogP contribution in [0.2, 0.25) is 0 Å². The summed E-state index contributed by atoms with van der Waals surface area (Å²) in [5.74, 6) is -0.902. The second-order valence-corrected chi connectivity index (χ2v) is 5.20. The Morgan fingerprint density at radius 2 is 1.50 bits per heavy atom. The lowest BCUT2D eigenvalue weighted by molar-refractivity contribution is 0.0706. The molecule has 24 heavy (non-hydrogen) atoms. The zero-order chi connectivity index (χ0) is 17.5. The van der Waals surface area contributed by atoms with Crippen LogP contribution >= 0.6 is 0 Å². The molecule has 0 spiro atoms. The second kappa shape index (κ2) is 7.89. The third-order valence-corrected chi connectivity index (χ3v) is 3.30. The Kier molecular flexibility index (Phi) is 5.64. The summed E-state index contributed by atoms with van der Waals surface area (Å²) in [6.07, 6.45) is 1.47. The minimum atomic E-state index is -0.590. The van der Waals surface area contributed by atoms with E-state index in [2.05, 4.69) is 10.5 Å². The van der Waals surface area contributed by atoms with E-state index in [-0.39, 0.29) is 5.91 Å². The minimum Gasteiger partial charge on any atom is -0.378 e. The highest BCUT2D eigenvalue weighted by molar-refractivity contribution is 5.96. The standard InChI is InChI=1S/C17H18N4O3/c1-21(2)15-9-7-13(8-10-15)16(22)19-18-11-12-3-5-14(6-4-12)17(23)20-24/h3-11,24H,1-2H3,(H,19,22)(H,20,23). The fraction of sp³-hybridized carbons (Fsp3) is 0.118. The maximum Gasteiger partial charge on any atom is 0.274 e. The third kappa shape index (κ3) is 4.40. The van der Waals surface area contributed by atoms with Crippen molar-refractivity contribution in [2.75, 3.05) is 19.0 Å². The van der Waals surface area contributed by atoms with Crippen LogP contribution in [0.15, 0.2) is 53.6 Å². The quantitative estimate of drug-likeness (QED) is 0.442. The Labute approximate surface area is 139 Å². The number of hydrazone groups is 1. The summed E-state index contributed by atoms with van der Waals surface area (Å²) in [6.45, 7) is 0. The summed E-state index contributed by atoms with van der Waals surface area (Å²) >= 11 is 0. The van der Waals surface area contributed by atoms with Crippen LogP contribution < -0.4 is 15.8 Å². The van der Waals surface area contributed by atoms with Crippen molar-refractivity contribution in [1.82, 2.24) is 10.9 Å². The molecule has 2 aromatic carbocycles. The van der Waals surface area contributed by atoms with Gasteiger partial charge in [0.05, 0.1) is 6.21 Å². The summed E-state index contributed by atoms with van der Waals surface area (Å²) in [5, 5.41) is 12.4. The number of amides is 2. The first kappa shape index (κ1) is 17.2. The molecule has 124 valence electrons. The Morgan fingerprint density at radius 3 is 2.04 bits per heavy atom. The van der Waals surface area contributed by atoms with Gasteiger partial charge < -0.3 is 4.90 Å². The van der Waals surface area contributed by atoms with Crippen LogP contribution in [-0.2, 0) is 0 Å². The molecule has 0 aliphatic rings. The zero-order valence-corrected chi connectivity index (χ0v) is 13.4. The molecule has 0 saturated carbocycles. The van der Waals surface area contributed by atoms with Crippen molar-refractivity contribution in [3.63, 3.8) is 0 Å². The van der Waals surface area contributed by atoms with Gasteiger partial charge in [-0.3, -0.25) is 14.8 Å². The van der Waals surface area contributed by atoms with Gasteiger partial charge in [-0.1, -0.05) is 12.1 Å². The number of hydrogen-bond donors (Lipinski definition) is 3. The van der Waals surface area contributed by atoms with E-state index < -0.39 is 5.91 Å². The molecule has 0 atom stereocenters. The molecule has 0 heterocycles. The van der Waals surface area contributed by atoms with Gasteiger partial charge in [0.25, 0.3) is 11.8 Å². The Balaban J connectivity index is 1.95. The number of rotatable bonds is 5. The number of anilines is 1. The fourth-order valence-electron chi connectivity index (χ4n) is 1.93. The molecular formula is C17H18N4O3. The highest BCUT2D eigenvalue weighted by Crippen LogP contribution is 2.12. The predicted octanol–water partition coefficient (Wildman–Crippen LogP) is 1.64. The van der Waals surface area contributed by atoms with Crippen molar-refractivity contribution in [3.8, 4) is 0 Å². The largest absolute Gasteiger partial charge is 0.378 e. The van der Waals surface area contributed by atoms with Crippen molar-refractivity contribution >= 4 is 23.7 Å². The van der Waals surface area contributed by atoms with Crippen molar-refractivity contribution in [1.29, 1.82) is 0 Å². The molecule has 0 aliphatic carbocycles. The van der Waals surface area contributed by atoms with Crippen LogP contribution in [-0.4, -0.2) is 37.3 Å². The van der Waals surface area contributed by atoms with E-state index in [9.17, 15) is 9.59 Å². The molecule has 0 fully saturated rings. The van der Waals surface area contributed by atoms with Crippen LogP contribution in [0.3, 0.4) is 0 Å². The number of hydroxylamine groups is 1. The summed E-state index contributed by atoms with van der Waals surface area (Å²) in [6, 6.07) is 13.5. The predicted molar refractivity (Wildman–Crippen MR) is 91.5 cm³/mol. The Hall–Kier alpha value is -3.19. The number of nitrogens with zero attached hydrogens (tertiary/aromatic N) is 2. The molecule has 0 aliphatic heterocycles. The third-order valence-electron chi connectivity index (χ3n) is 3.30. The smallest absolute Gasteiger partial charge is 0.274 e. The van der Waals surface area contributed by atoms with Gasteiger partial charge in [-0.2, -0.15) is 5.10 Å². The molecule has 0 saturated heterocycles. The van der Waals surface area contributed by atoms with Gasteiger partial charge in [0.15, 0.2) is 0 Å². The molecule has 7 nitrogen and oxygen atoms in total. The lowest BCUT2D eigenvalue weighted by Gasteiger charge is -2.12. The molecule has 0 radical (unpaired) electrons. The first-order chi connectivity index (χ1) is 11.5. The Morgan fingerprint density at radius 1 is 0.958 bits per heavy atom. The topological polar surface area (TPSA) is 94.0 Å². The maximum atomic E-state index is 12.0. The van der Waals surface area contributed by atoms with E-state index >= 15 is 0 Å². The van der Waals surface area contributed by atoms with Crippen molar-refractivity contribution in [2.45, 2.75) is 0 Å². The fourth-order valence-corrected chi connectivity index (χ4v) is 1.93. The Bertz CT molecular complexity index is 737. The molecule has 2 aromatic rings. The molecule has 0 unspecified atom stereocenters. The van der Waals surface area contributed by atoms with Gasteiger partial charge in [0.1, 0.15) is 0 Å². The highest BCUT2D eigenvalue weighted by atomic mass is 16.5. The van der Waals surface area contributed by atoms with Gasteiger partial charge in [0, 0.05) is 30.9 Å². The summed E-state index contributed by atoms with van der Waals surface area (Å²) < 4.78 is 0. The van der Waals surface area contributed by atoms with Gasteiger partial charge >= 0.3 is 0 Å². The molecule has 2 rings (SSSR count). The van der Waals surface area contributed by atoms with E-state index in [1.165, 1.54) is 18.3 Å². The molecule has 3 N–H and O–H groups in total. The number of carbonyl (C=O) groups is 2. The maximum absolute atomic E-state index is 12.0. The van der Waals surface area contributed by atoms with Crippen molar-refractivity contribution in [3.05, 3.63) is 65.2 Å². The number of carbonyl (C=O) groups excluding carboxylic acids is 2. The monoisotopic (exact) mass is 326 g/mol. The second-order valence-electron chi connectivity index (χ2n) is 5.20. The van der Waals surface area contributed by atoms with E-state index in [4.69, 9.17) is 5.21 Å². The summed E-state index contributed by atoms with van der Waals surface area (Å²) in [7, 11) is 3.85. The normalized spacial score (nSPS) is 10.5. The van der Waals surface area contributed by atoms with E-state index in [0.717, 1.165) is 5.69 Å². The molecule has 7 heteroatoms. The average molecular weight is 326 g/mol. The molecular weight excluding hydrogens is 308 g/mol.